The molecule has 1 aromatic carbocycles. The van der Waals surface area contributed by atoms with Gasteiger partial charge in [0.25, 0.3) is 0 Å². The summed E-state index contributed by atoms with van der Waals surface area (Å²) in [6.07, 6.45) is 0. The van der Waals surface area contributed by atoms with E-state index >= 15 is 0 Å². The first-order valence-electron chi connectivity index (χ1n) is 3.95. The molecule has 4 nitrogen and oxygen atoms in total. The van der Waals surface area contributed by atoms with Crippen molar-refractivity contribution >= 4 is 0 Å². The molecular weight excluding hydrogens is 189 g/mol. The summed E-state index contributed by atoms with van der Waals surface area (Å²) in [5.74, 6) is 4.96. The zero-order chi connectivity index (χ0) is 10.6. The molecule has 0 fully saturated rings. The average Bonchev–Trinajstić information content (AvgIpc) is 2.20. The van der Waals surface area contributed by atoms with Crippen LogP contribution >= 0.6 is 0 Å². The number of halogens is 1. The minimum absolute atomic E-state index is 0.137. The van der Waals surface area contributed by atoms with E-state index in [1.807, 2.05) is 0 Å². The van der Waals surface area contributed by atoms with Gasteiger partial charge < -0.3 is 9.47 Å². The van der Waals surface area contributed by atoms with E-state index in [1.165, 1.54) is 26.4 Å². The summed E-state index contributed by atoms with van der Waals surface area (Å²) in [6, 6.07) is 2.72. The van der Waals surface area contributed by atoms with Gasteiger partial charge in [-0.25, -0.2) is 10.3 Å². The highest BCUT2D eigenvalue weighted by Gasteiger charge is 2.10. The van der Waals surface area contributed by atoms with Crippen molar-refractivity contribution in [2.75, 3.05) is 14.2 Å². The lowest BCUT2D eigenvalue weighted by molar-refractivity contribution is 0.121. The van der Waals surface area contributed by atoms with Crippen LogP contribution in [0.25, 0.3) is 0 Å². The van der Waals surface area contributed by atoms with Crippen LogP contribution in [-0.2, 0) is 11.4 Å². The molecule has 0 aliphatic carbocycles. The highest BCUT2D eigenvalue weighted by Crippen LogP contribution is 2.27. The van der Waals surface area contributed by atoms with Crippen molar-refractivity contribution in [1.29, 1.82) is 0 Å². The molecule has 0 aliphatic heterocycles. The predicted octanol–water partition coefficient (Wildman–Crippen LogP) is 1.23. The third-order valence-corrected chi connectivity index (χ3v) is 1.79. The summed E-state index contributed by atoms with van der Waals surface area (Å²) in [5.41, 5.74) is 0.633. The fraction of sp³-hybridized carbons (Fsp3) is 0.333. The molecule has 1 aromatic rings. The number of nitrogens with two attached hydrogens (primary N) is 1. The molecular formula is C9H12FNO3. The Morgan fingerprint density at radius 3 is 2.36 bits per heavy atom. The van der Waals surface area contributed by atoms with Crippen molar-refractivity contribution in [3.05, 3.63) is 23.5 Å². The molecule has 0 atom stereocenters. The SMILES string of the molecule is COc1cc(CON)c(OC)cc1F. The Kier molecular flexibility index (Phi) is 3.67. The maximum absolute atomic E-state index is 13.2. The first-order valence-corrected chi connectivity index (χ1v) is 3.95. The predicted molar refractivity (Wildman–Crippen MR) is 48.5 cm³/mol. The summed E-state index contributed by atoms with van der Waals surface area (Å²) in [6.45, 7) is 0.139. The van der Waals surface area contributed by atoms with Crippen LogP contribution in [0.3, 0.4) is 0 Å². The first-order chi connectivity index (χ1) is 6.72. The van der Waals surface area contributed by atoms with Gasteiger partial charge in [-0.3, -0.25) is 4.84 Å². The molecule has 0 unspecified atom stereocenters. The number of benzene rings is 1. The minimum atomic E-state index is -0.481. The summed E-state index contributed by atoms with van der Waals surface area (Å²) >= 11 is 0. The molecule has 0 aliphatic rings. The lowest BCUT2D eigenvalue weighted by Gasteiger charge is -2.10. The van der Waals surface area contributed by atoms with Gasteiger partial charge >= 0.3 is 0 Å². The Labute approximate surface area is 81.3 Å². The zero-order valence-corrected chi connectivity index (χ0v) is 8.04. The Hall–Kier alpha value is -1.33. The lowest BCUT2D eigenvalue weighted by atomic mass is 10.2. The number of hydrogen-bond acceptors (Lipinski definition) is 4. The van der Waals surface area contributed by atoms with E-state index in [1.54, 1.807) is 0 Å². The first kappa shape index (κ1) is 10.7. The summed E-state index contributed by atoms with van der Waals surface area (Å²) in [7, 11) is 2.83. The second-order valence-corrected chi connectivity index (χ2v) is 2.61. The van der Waals surface area contributed by atoms with Gasteiger partial charge in [-0.05, 0) is 6.07 Å². The number of ether oxygens (including phenoxy) is 2. The number of rotatable bonds is 4. The Balaban J connectivity index is 3.11. The van der Waals surface area contributed by atoms with Crippen molar-refractivity contribution in [2.45, 2.75) is 6.61 Å². The largest absolute Gasteiger partial charge is 0.496 e. The summed E-state index contributed by atoms with van der Waals surface area (Å²) < 4.78 is 22.9. The fourth-order valence-electron chi connectivity index (χ4n) is 1.13. The lowest BCUT2D eigenvalue weighted by Crippen LogP contribution is -2.02. The average molecular weight is 201 g/mol. The van der Waals surface area contributed by atoms with Crippen LogP contribution in [-0.4, -0.2) is 14.2 Å². The van der Waals surface area contributed by atoms with Crippen LogP contribution in [0.2, 0.25) is 0 Å². The molecule has 5 heteroatoms. The maximum atomic E-state index is 13.2. The van der Waals surface area contributed by atoms with Crippen molar-refractivity contribution in [1.82, 2.24) is 0 Å². The smallest absolute Gasteiger partial charge is 0.168 e. The molecule has 2 N–H and O–H groups in total. The molecule has 0 amide bonds. The maximum Gasteiger partial charge on any atom is 0.168 e. The van der Waals surface area contributed by atoms with E-state index in [9.17, 15) is 4.39 Å². The third kappa shape index (κ3) is 2.12. The second kappa shape index (κ2) is 4.78. The molecule has 0 spiro atoms. The standard InChI is InChI=1S/C9H12FNO3/c1-12-8-4-7(10)9(13-2)3-6(8)5-14-11/h3-4H,5,11H2,1-2H3. The van der Waals surface area contributed by atoms with E-state index in [0.29, 0.717) is 11.3 Å². The van der Waals surface area contributed by atoms with Gasteiger partial charge in [0, 0.05) is 11.6 Å². The van der Waals surface area contributed by atoms with Crippen molar-refractivity contribution in [2.24, 2.45) is 5.90 Å². The summed E-state index contributed by atoms with van der Waals surface area (Å²) in [4.78, 5) is 4.45. The molecule has 0 aromatic heterocycles. The second-order valence-electron chi connectivity index (χ2n) is 2.61. The summed E-state index contributed by atoms with van der Waals surface area (Å²) in [5, 5.41) is 0. The van der Waals surface area contributed by atoms with E-state index in [2.05, 4.69) is 4.84 Å². The van der Waals surface area contributed by atoms with E-state index in [0.717, 1.165) is 0 Å². The Morgan fingerprint density at radius 2 is 1.86 bits per heavy atom. The van der Waals surface area contributed by atoms with Crippen molar-refractivity contribution in [3.8, 4) is 11.5 Å². The van der Waals surface area contributed by atoms with Crippen LogP contribution in [0.1, 0.15) is 5.56 Å². The molecule has 1 rings (SSSR count). The quantitative estimate of drug-likeness (QED) is 0.744. The van der Waals surface area contributed by atoms with Gasteiger partial charge in [0.2, 0.25) is 0 Å². The third-order valence-electron chi connectivity index (χ3n) is 1.79. The molecule has 0 saturated heterocycles. The van der Waals surface area contributed by atoms with Gasteiger partial charge in [0.05, 0.1) is 20.8 Å². The molecule has 0 heterocycles. The molecule has 14 heavy (non-hydrogen) atoms. The molecule has 0 radical (unpaired) electrons. The van der Waals surface area contributed by atoms with Crippen LogP contribution in [0.4, 0.5) is 4.39 Å². The highest BCUT2D eigenvalue weighted by molar-refractivity contribution is 5.41. The van der Waals surface area contributed by atoms with E-state index < -0.39 is 5.82 Å². The number of methoxy groups -OCH3 is 2. The highest BCUT2D eigenvalue weighted by atomic mass is 19.1. The minimum Gasteiger partial charge on any atom is -0.496 e. The fourth-order valence-corrected chi connectivity index (χ4v) is 1.13. The van der Waals surface area contributed by atoms with Crippen LogP contribution in [0.15, 0.2) is 12.1 Å². The van der Waals surface area contributed by atoms with Crippen LogP contribution in [0.5, 0.6) is 11.5 Å². The van der Waals surface area contributed by atoms with Crippen LogP contribution in [0, 0.1) is 5.82 Å². The van der Waals surface area contributed by atoms with Gasteiger partial charge in [-0.1, -0.05) is 0 Å². The normalized spacial score (nSPS) is 10.0. The molecule has 0 saturated carbocycles. The zero-order valence-electron chi connectivity index (χ0n) is 8.04. The molecule has 0 bridgehead atoms. The molecule has 78 valence electrons. The van der Waals surface area contributed by atoms with Crippen molar-refractivity contribution in [3.63, 3.8) is 0 Å². The van der Waals surface area contributed by atoms with Gasteiger partial charge in [-0.2, -0.15) is 0 Å². The Morgan fingerprint density at radius 1 is 1.21 bits per heavy atom. The van der Waals surface area contributed by atoms with Gasteiger partial charge in [-0.15, -0.1) is 0 Å². The van der Waals surface area contributed by atoms with E-state index in [4.69, 9.17) is 15.4 Å². The topological polar surface area (TPSA) is 53.7 Å². The van der Waals surface area contributed by atoms with Crippen LogP contribution < -0.4 is 15.4 Å². The van der Waals surface area contributed by atoms with Crippen molar-refractivity contribution < 1.29 is 18.7 Å². The van der Waals surface area contributed by atoms with Gasteiger partial charge in [0.1, 0.15) is 5.75 Å². The van der Waals surface area contributed by atoms with Gasteiger partial charge in [0.15, 0.2) is 11.6 Å². The Bertz CT molecular complexity index is 317. The number of hydrogen-bond donors (Lipinski definition) is 1. The monoisotopic (exact) mass is 201 g/mol. The van der Waals surface area contributed by atoms with E-state index in [-0.39, 0.29) is 12.4 Å².